The van der Waals surface area contributed by atoms with Crippen LogP contribution in [0.2, 0.25) is 10.0 Å². The van der Waals surface area contributed by atoms with Crippen molar-refractivity contribution in [3.63, 3.8) is 0 Å². The number of Topliss-reactive ketones (excluding diaryl/α,β-unsaturated/α-hetero) is 1. The van der Waals surface area contributed by atoms with E-state index in [0.29, 0.717) is 12.1 Å². The molecule has 1 heterocycles. The number of nitrogens with one attached hydrogen (secondary N) is 2. The minimum atomic E-state index is -1.26. The Morgan fingerprint density at radius 3 is 2.20 bits per heavy atom. The minimum absolute atomic E-state index is 0.140. The molecule has 7 nitrogen and oxygen atoms in total. The van der Waals surface area contributed by atoms with E-state index in [9.17, 15) is 19.5 Å². The van der Waals surface area contributed by atoms with Crippen molar-refractivity contribution in [2.75, 3.05) is 5.32 Å². The Morgan fingerprint density at radius 1 is 1.00 bits per heavy atom. The zero-order valence-electron chi connectivity index (χ0n) is 23.4. The molecular formula is C32H37Cl2N3O4. The van der Waals surface area contributed by atoms with Gasteiger partial charge in [-0.1, -0.05) is 80.8 Å². The van der Waals surface area contributed by atoms with Crippen molar-refractivity contribution >= 4 is 46.5 Å². The van der Waals surface area contributed by atoms with Crippen LogP contribution in [0.4, 0.5) is 5.69 Å². The quantitative estimate of drug-likeness (QED) is 0.278. The van der Waals surface area contributed by atoms with Crippen LogP contribution in [0.3, 0.4) is 0 Å². The molecule has 1 atom stereocenters. The number of allylic oxidation sites excluding steroid dienone is 2. The number of hydrogen-bond donors (Lipinski definition) is 3. The number of benzene rings is 1. The van der Waals surface area contributed by atoms with Gasteiger partial charge in [0, 0.05) is 35.8 Å². The van der Waals surface area contributed by atoms with Gasteiger partial charge in [-0.05, 0) is 55.7 Å². The fourth-order valence-electron chi connectivity index (χ4n) is 6.93. The molecule has 0 saturated heterocycles. The van der Waals surface area contributed by atoms with Gasteiger partial charge in [0.1, 0.15) is 5.54 Å². The second-order valence-electron chi connectivity index (χ2n) is 11.8. The summed E-state index contributed by atoms with van der Waals surface area (Å²) < 4.78 is 0. The lowest BCUT2D eigenvalue weighted by Gasteiger charge is -2.51. The SMILES string of the molecule is CC[C@@](Cc1ccc(NC(=O)c2c(Cl)cncc2Cl)cc1)(NC1=C(C2CCCCC2)C(=O)C12CCCCC2)C(=O)O. The number of rotatable bonds is 9. The summed E-state index contributed by atoms with van der Waals surface area (Å²) in [7, 11) is 0. The highest BCUT2D eigenvalue weighted by atomic mass is 35.5. The number of hydrogen-bond acceptors (Lipinski definition) is 5. The highest BCUT2D eigenvalue weighted by Gasteiger charge is 2.57. The molecule has 41 heavy (non-hydrogen) atoms. The Labute approximate surface area is 251 Å². The molecule has 0 aliphatic heterocycles. The van der Waals surface area contributed by atoms with E-state index in [4.69, 9.17) is 23.2 Å². The van der Waals surface area contributed by atoms with Crippen molar-refractivity contribution in [3.8, 4) is 0 Å². The topological polar surface area (TPSA) is 108 Å². The number of carbonyl (C=O) groups is 3. The fourth-order valence-corrected chi connectivity index (χ4v) is 7.47. The van der Waals surface area contributed by atoms with E-state index in [0.717, 1.165) is 74.6 Å². The first-order valence-electron chi connectivity index (χ1n) is 14.7. The molecule has 0 radical (unpaired) electrons. The van der Waals surface area contributed by atoms with Crippen molar-refractivity contribution in [2.45, 2.75) is 89.5 Å². The molecule has 3 N–H and O–H groups in total. The van der Waals surface area contributed by atoms with Gasteiger partial charge in [0.05, 0.1) is 21.0 Å². The number of aliphatic carboxylic acids is 1. The molecule has 2 aromatic rings. The highest BCUT2D eigenvalue weighted by molar-refractivity contribution is 6.40. The minimum Gasteiger partial charge on any atom is -0.479 e. The molecule has 0 unspecified atom stereocenters. The van der Waals surface area contributed by atoms with Gasteiger partial charge in [-0.15, -0.1) is 0 Å². The first kappa shape index (κ1) is 29.6. The van der Waals surface area contributed by atoms with Crippen LogP contribution in [0, 0.1) is 11.3 Å². The maximum Gasteiger partial charge on any atom is 0.329 e. The van der Waals surface area contributed by atoms with Gasteiger partial charge in [-0.2, -0.15) is 0 Å². The summed E-state index contributed by atoms with van der Waals surface area (Å²) in [5.74, 6) is -0.906. The maximum atomic E-state index is 13.7. The predicted octanol–water partition coefficient (Wildman–Crippen LogP) is 7.37. The molecule has 1 aromatic carbocycles. The molecule has 1 amide bonds. The summed E-state index contributed by atoms with van der Waals surface area (Å²) in [5, 5.41) is 17.2. The van der Waals surface area contributed by atoms with Crippen molar-refractivity contribution in [1.29, 1.82) is 0 Å². The van der Waals surface area contributed by atoms with E-state index >= 15 is 0 Å². The largest absolute Gasteiger partial charge is 0.479 e. The van der Waals surface area contributed by atoms with E-state index in [2.05, 4.69) is 15.6 Å². The number of nitrogens with zero attached hydrogens (tertiary/aromatic N) is 1. The Balaban J connectivity index is 1.39. The monoisotopic (exact) mass is 597 g/mol. The maximum absolute atomic E-state index is 13.7. The Kier molecular flexibility index (Phi) is 8.76. The van der Waals surface area contributed by atoms with E-state index in [1.807, 2.05) is 19.1 Å². The van der Waals surface area contributed by atoms with Gasteiger partial charge in [0.2, 0.25) is 0 Å². The highest BCUT2D eigenvalue weighted by Crippen LogP contribution is 2.55. The fraction of sp³-hybridized carbons (Fsp3) is 0.500. The Morgan fingerprint density at radius 2 is 1.61 bits per heavy atom. The number of ketones is 1. The van der Waals surface area contributed by atoms with Crippen LogP contribution in [-0.4, -0.2) is 33.3 Å². The molecule has 2 saturated carbocycles. The third kappa shape index (κ3) is 5.63. The third-order valence-corrected chi connectivity index (χ3v) is 9.90. The van der Waals surface area contributed by atoms with Crippen LogP contribution in [0.25, 0.3) is 0 Å². The van der Waals surface area contributed by atoms with E-state index in [1.54, 1.807) is 12.1 Å². The number of carboxylic acid groups (broad SMARTS) is 1. The molecule has 9 heteroatoms. The van der Waals surface area contributed by atoms with Gasteiger partial charge in [-0.3, -0.25) is 14.6 Å². The molecule has 5 rings (SSSR count). The summed E-state index contributed by atoms with van der Waals surface area (Å²) >= 11 is 12.2. The van der Waals surface area contributed by atoms with Gasteiger partial charge < -0.3 is 15.7 Å². The average molecular weight is 599 g/mol. The van der Waals surface area contributed by atoms with Crippen LogP contribution in [0.1, 0.15) is 93.5 Å². The first-order valence-corrected chi connectivity index (χ1v) is 15.5. The van der Waals surface area contributed by atoms with Crippen LogP contribution in [-0.2, 0) is 16.0 Å². The molecule has 1 spiro atoms. The molecule has 3 aliphatic carbocycles. The van der Waals surface area contributed by atoms with Crippen LogP contribution < -0.4 is 10.6 Å². The first-order chi connectivity index (χ1) is 19.7. The number of anilines is 1. The lowest BCUT2D eigenvalue weighted by Crippen LogP contribution is -2.61. The summed E-state index contributed by atoms with van der Waals surface area (Å²) in [4.78, 5) is 43.3. The summed E-state index contributed by atoms with van der Waals surface area (Å²) in [6.07, 6.45) is 13.4. The average Bonchev–Trinajstić information content (AvgIpc) is 2.98. The van der Waals surface area contributed by atoms with Crippen molar-refractivity contribution in [3.05, 3.63) is 69.1 Å². The molecule has 3 aliphatic rings. The lowest BCUT2D eigenvalue weighted by atomic mass is 9.55. The van der Waals surface area contributed by atoms with Gasteiger partial charge in [-0.25, -0.2) is 4.79 Å². The normalized spacial score (nSPS) is 20.3. The predicted molar refractivity (Wildman–Crippen MR) is 160 cm³/mol. The molecule has 1 aromatic heterocycles. The van der Waals surface area contributed by atoms with E-state index < -0.39 is 22.8 Å². The number of amides is 1. The zero-order valence-corrected chi connectivity index (χ0v) is 24.9. The standard InChI is InChI=1S/C32H37Cl2N3O4/c1-2-32(30(40)41,17-20-11-13-22(14-12-20)36-29(39)26-23(33)18-35-19-24(26)34)37-27-25(21-9-5-3-6-10-21)28(38)31(27)15-7-4-8-16-31/h11-14,18-19,21,37H,2-10,15-17H2,1H3,(H,36,39)(H,40,41)/t32-/m0/s1. The van der Waals surface area contributed by atoms with E-state index in [1.165, 1.54) is 18.8 Å². The number of carboxylic acids is 1. The molecule has 218 valence electrons. The number of halogens is 2. The van der Waals surface area contributed by atoms with Crippen LogP contribution >= 0.6 is 23.2 Å². The second kappa shape index (κ2) is 12.1. The Hall–Kier alpha value is -2.90. The smallest absolute Gasteiger partial charge is 0.329 e. The van der Waals surface area contributed by atoms with Crippen LogP contribution in [0.15, 0.2) is 47.9 Å². The van der Waals surface area contributed by atoms with Gasteiger partial charge in [0.15, 0.2) is 5.78 Å². The molecule has 2 fully saturated rings. The third-order valence-electron chi connectivity index (χ3n) is 9.32. The van der Waals surface area contributed by atoms with Gasteiger partial charge in [0.25, 0.3) is 5.91 Å². The zero-order chi connectivity index (χ0) is 29.2. The summed E-state index contributed by atoms with van der Waals surface area (Å²) in [6.45, 7) is 1.88. The van der Waals surface area contributed by atoms with Crippen molar-refractivity contribution < 1.29 is 19.5 Å². The van der Waals surface area contributed by atoms with Crippen molar-refractivity contribution in [1.82, 2.24) is 10.3 Å². The number of carbonyl (C=O) groups excluding carboxylic acids is 2. The second-order valence-corrected chi connectivity index (χ2v) is 12.6. The number of pyridine rings is 1. The lowest BCUT2D eigenvalue weighted by molar-refractivity contribution is -0.146. The van der Waals surface area contributed by atoms with Gasteiger partial charge >= 0.3 is 5.97 Å². The van der Waals surface area contributed by atoms with E-state index in [-0.39, 0.29) is 33.7 Å². The van der Waals surface area contributed by atoms with Crippen molar-refractivity contribution in [2.24, 2.45) is 11.3 Å². The number of aromatic nitrogens is 1. The molecular weight excluding hydrogens is 561 g/mol. The van der Waals surface area contributed by atoms with Crippen LogP contribution in [0.5, 0.6) is 0 Å². The summed E-state index contributed by atoms with van der Waals surface area (Å²) in [6, 6.07) is 7.11. The summed E-state index contributed by atoms with van der Waals surface area (Å²) in [5.41, 5.74) is 1.45. The Bertz CT molecular complexity index is 1340. The molecule has 0 bridgehead atoms.